The first kappa shape index (κ1) is 8.92. The molecule has 2 aliphatic carbocycles. The fourth-order valence-electron chi connectivity index (χ4n) is 2.82. The van der Waals surface area contributed by atoms with Crippen LogP contribution in [-0.2, 0) is 9.59 Å². The van der Waals surface area contributed by atoms with Crippen molar-refractivity contribution in [3.63, 3.8) is 0 Å². The minimum atomic E-state index is 0.0579. The summed E-state index contributed by atoms with van der Waals surface area (Å²) in [6.45, 7) is 2.18. The normalized spacial score (nSPS) is 40.2. The van der Waals surface area contributed by atoms with E-state index in [0.717, 1.165) is 19.3 Å². The second kappa shape index (κ2) is 2.93. The van der Waals surface area contributed by atoms with Gasteiger partial charge in [0.1, 0.15) is 11.6 Å². The van der Waals surface area contributed by atoms with Crippen LogP contribution in [0.4, 0.5) is 0 Å². The highest BCUT2D eigenvalue weighted by atomic mass is 16.1. The van der Waals surface area contributed by atoms with Gasteiger partial charge in [-0.3, -0.25) is 9.59 Å². The van der Waals surface area contributed by atoms with Gasteiger partial charge >= 0.3 is 0 Å². The summed E-state index contributed by atoms with van der Waals surface area (Å²) in [5.41, 5.74) is 0.156. The number of carbonyl (C=O) groups excluding carboxylic acids is 2. The number of hydrogen-bond donors (Lipinski definition) is 0. The van der Waals surface area contributed by atoms with Crippen LogP contribution in [0, 0.1) is 11.3 Å². The van der Waals surface area contributed by atoms with E-state index in [9.17, 15) is 9.59 Å². The van der Waals surface area contributed by atoms with Gasteiger partial charge in [0.05, 0.1) is 0 Å². The van der Waals surface area contributed by atoms with Gasteiger partial charge in [-0.15, -0.1) is 0 Å². The standard InChI is InChI=1S/C11H16O2/c1-11-5-2-3-10(13)9(11)7-8(12)4-6-11/h9H,2-7H2,1H3/t9-,11+/m0/s1. The van der Waals surface area contributed by atoms with Gasteiger partial charge in [0.2, 0.25) is 0 Å². The Morgan fingerprint density at radius 3 is 2.77 bits per heavy atom. The molecule has 2 saturated carbocycles. The quantitative estimate of drug-likeness (QED) is 0.572. The molecule has 2 atom stereocenters. The summed E-state index contributed by atoms with van der Waals surface area (Å²) in [5, 5.41) is 0. The Hall–Kier alpha value is -0.660. The molecule has 0 unspecified atom stereocenters. The van der Waals surface area contributed by atoms with Crippen molar-refractivity contribution >= 4 is 11.6 Å². The zero-order valence-corrected chi connectivity index (χ0v) is 8.14. The van der Waals surface area contributed by atoms with Crippen molar-refractivity contribution in [3.8, 4) is 0 Å². The average Bonchev–Trinajstić information content (AvgIpc) is 2.08. The lowest BCUT2D eigenvalue weighted by atomic mass is 9.60. The van der Waals surface area contributed by atoms with Crippen molar-refractivity contribution in [2.24, 2.45) is 11.3 Å². The van der Waals surface area contributed by atoms with E-state index in [-0.39, 0.29) is 17.1 Å². The predicted molar refractivity (Wildman–Crippen MR) is 49.3 cm³/mol. The summed E-state index contributed by atoms with van der Waals surface area (Å²) in [4.78, 5) is 22.9. The van der Waals surface area contributed by atoms with Crippen LogP contribution >= 0.6 is 0 Å². The maximum Gasteiger partial charge on any atom is 0.136 e. The summed E-state index contributed by atoms with van der Waals surface area (Å²) < 4.78 is 0. The Bertz CT molecular complexity index is 257. The fraction of sp³-hybridized carbons (Fsp3) is 0.818. The van der Waals surface area contributed by atoms with Crippen molar-refractivity contribution in [1.82, 2.24) is 0 Å². The molecule has 13 heavy (non-hydrogen) atoms. The Labute approximate surface area is 78.7 Å². The third-order valence-electron chi connectivity index (χ3n) is 3.81. The zero-order valence-electron chi connectivity index (χ0n) is 8.14. The van der Waals surface area contributed by atoms with E-state index in [1.54, 1.807) is 0 Å². The van der Waals surface area contributed by atoms with Crippen LogP contribution in [0.5, 0.6) is 0 Å². The smallest absolute Gasteiger partial charge is 0.136 e. The molecule has 0 heterocycles. The predicted octanol–water partition coefficient (Wildman–Crippen LogP) is 2.11. The Morgan fingerprint density at radius 1 is 1.23 bits per heavy atom. The Morgan fingerprint density at radius 2 is 2.00 bits per heavy atom. The Kier molecular flexibility index (Phi) is 2.01. The maximum absolute atomic E-state index is 11.6. The summed E-state index contributed by atoms with van der Waals surface area (Å²) in [5.74, 6) is 0.682. The first-order valence-corrected chi connectivity index (χ1v) is 5.16. The van der Waals surface area contributed by atoms with Gasteiger partial charge in [-0.1, -0.05) is 6.92 Å². The number of Topliss-reactive ketones (excluding diaryl/α,β-unsaturated/α-hetero) is 2. The molecular formula is C11H16O2. The van der Waals surface area contributed by atoms with Crippen LogP contribution in [-0.4, -0.2) is 11.6 Å². The molecule has 0 bridgehead atoms. The molecule has 2 aliphatic rings. The minimum absolute atomic E-state index is 0.0579. The van der Waals surface area contributed by atoms with Crippen LogP contribution in [0.2, 0.25) is 0 Å². The van der Waals surface area contributed by atoms with E-state index in [2.05, 4.69) is 6.92 Å². The first-order chi connectivity index (χ1) is 6.12. The average molecular weight is 180 g/mol. The summed E-state index contributed by atoms with van der Waals surface area (Å²) in [7, 11) is 0. The third kappa shape index (κ3) is 1.43. The fourth-order valence-corrected chi connectivity index (χ4v) is 2.82. The molecule has 2 nitrogen and oxygen atoms in total. The molecule has 0 aromatic carbocycles. The maximum atomic E-state index is 11.6. The van der Waals surface area contributed by atoms with Crippen molar-refractivity contribution < 1.29 is 9.59 Å². The molecule has 0 aromatic rings. The van der Waals surface area contributed by atoms with E-state index in [1.807, 2.05) is 0 Å². The summed E-state index contributed by atoms with van der Waals surface area (Å²) >= 11 is 0. The zero-order chi connectivity index (χ0) is 9.47. The number of carbonyl (C=O) groups is 2. The molecule has 0 radical (unpaired) electrons. The molecule has 0 saturated heterocycles. The van der Waals surface area contributed by atoms with E-state index >= 15 is 0 Å². The molecule has 0 N–H and O–H groups in total. The van der Waals surface area contributed by atoms with Crippen LogP contribution in [0.3, 0.4) is 0 Å². The molecular weight excluding hydrogens is 164 g/mol. The third-order valence-corrected chi connectivity index (χ3v) is 3.81. The van der Waals surface area contributed by atoms with Gasteiger partial charge in [0.25, 0.3) is 0 Å². The Balaban J connectivity index is 2.22. The van der Waals surface area contributed by atoms with Gasteiger partial charge in [-0.2, -0.15) is 0 Å². The minimum Gasteiger partial charge on any atom is -0.300 e. The largest absolute Gasteiger partial charge is 0.300 e. The van der Waals surface area contributed by atoms with Crippen molar-refractivity contribution in [2.75, 3.05) is 0 Å². The van der Waals surface area contributed by atoms with E-state index in [1.165, 1.54) is 0 Å². The van der Waals surface area contributed by atoms with E-state index in [0.29, 0.717) is 25.0 Å². The molecule has 0 aromatic heterocycles. The summed E-state index contributed by atoms with van der Waals surface area (Å²) in [6, 6.07) is 0. The second-order valence-electron chi connectivity index (χ2n) is 4.77. The summed E-state index contributed by atoms with van der Waals surface area (Å²) in [6.07, 6.45) is 5.02. The van der Waals surface area contributed by atoms with E-state index < -0.39 is 0 Å². The lowest BCUT2D eigenvalue weighted by Crippen LogP contribution is -2.42. The SMILES string of the molecule is C[C@]12CCCC(=O)[C@@H]1CC(=O)CC2. The number of rotatable bonds is 0. The van der Waals surface area contributed by atoms with Crippen LogP contribution in [0.15, 0.2) is 0 Å². The number of ketones is 2. The van der Waals surface area contributed by atoms with Crippen LogP contribution in [0.1, 0.15) is 45.4 Å². The molecule has 0 spiro atoms. The monoisotopic (exact) mass is 180 g/mol. The van der Waals surface area contributed by atoms with Crippen LogP contribution < -0.4 is 0 Å². The van der Waals surface area contributed by atoms with Crippen molar-refractivity contribution in [3.05, 3.63) is 0 Å². The lowest BCUT2D eigenvalue weighted by Gasteiger charge is -2.43. The van der Waals surface area contributed by atoms with E-state index in [4.69, 9.17) is 0 Å². The van der Waals surface area contributed by atoms with Gasteiger partial charge in [-0.25, -0.2) is 0 Å². The molecule has 2 heteroatoms. The highest BCUT2D eigenvalue weighted by molar-refractivity contribution is 5.90. The highest BCUT2D eigenvalue weighted by Crippen LogP contribution is 2.47. The van der Waals surface area contributed by atoms with Crippen molar-refractivity contribution in [2.45, 2.75) is 45.4 Å². The first-order valence-electron chi connectivity index (χ1n) is 5.16. The van der Waals surface area contributed by atoms with Crippen molar-refractivity contribution in [1.29, 1.82) is 0 Å². The number of hydrogen-bond acceptors (Lipinski definition) is 2. The molecule has 2 fully saturated rings. The highest BCUT2D eigenvalue weighted by Gasteiger charge is 2.44. The van der Waals surface area contributed by atoms with Gasteiger partial charge < -0.3 is 0 Å². The second-order valence-corrected chi connectivity index (χ2v) is 4.77. The van der Waals surface area contributed by atoms with Gasteiger partial charge in [0.15, 0.2) is 0 Å². The molecule has 0 amide bonds. The number of fused-ring (bicyclic) bond motifs is 1. The van der Waals surface area contributed by atoms with Gasteiger partial charge in [-0.05, 0) is 24.7 Å². The molecule has 2 rings (SSSR count). The lowest BCUT2D eigenvalue weighted by molar-refractivity contribution is -0.139. The molecule has 0 aliphatic heterocycles. The topological polar surface area (TPSA) is 34.1 Å². The molecule has 72 valence electrons. The van der Waals surface area contributed by atoms with Gasteiger partial charge in [0, 0.05) is 25.2 Å². The van der Waals surface area contributed by atoms with Crippen LogP contribution in [0.25, 0.3) is 0 Å².